The van der Waals surface area contributed by atoms with Crippen LogP contribution < -0.4 is 5.73 Å². The van der Waals surface area contributed by atoms with Gasteiger partial charge in [-0.05, 0) is 42.8 Å². The number of hydrogen-bond donors (Lipinski definition) is 1. The molecule has 3 rings (SSSR count). The maximum absolute atomic E-state index is 13.1. The Morgan fingerprint density at radius 2 is 2.17 bits per heavy atom. The molecule has 0 unspecified atom stereocenters. The van der Waals surface area contributed by atoms with Crippen molar-refractivity contribution in [3.05, 3.63) is 59.8 Å². The van der Waals surface area contributed by atoms with Crippen LogP contribution in [0.4, 0.5) is 4.39 Å². The number of nitrogens with zero attached hydrogens (tertiary/aromatic N) is 2. The number of rotatable bonds is 4. The van der Waals surface area contributed by atoms with Crippen LogP contribution in [0.25, 0.3) is 16.8 Å². The molecule has 3 aromatic rings. The zero-order chi connectivity index (χ0) is 16.4. The van der Waals surface area contributed by atoms with Crippen molar-refractivity contribution >= 4 is 11.5 Å². The smallest absolute Gasteiger partial charge is 0.340 e. The maximum Gasteiger partial charge on any atom is 0.340 e. The van der Waals surface area contributed by atoms with Crippen LogP contribution in [0.5, 0.6) is 0 Å². The van der Waals surface area contributed by atoms with Crippen molar-refractivity contribution in [2.24, 2.45) is 5.73 Å². The number of esters is 1. The van der Waals surface area contributed by atoms with Crippen molar-refractivity contribution in [2.75, 3.05) is 6.61 Å². The fraction of sp³-hybridized carbons (Fsp3) is 0.176. The van der Waals surface area contributed by atoms with Crippen molar-refractivity contribution in [2.45, 2.75) is 13.5 Å². The van der Waals surface area contributed by atoms with Gasteiger partial charge in [0.25, 0.3) is 0 Å². The fourth-order valence-corrected chi connectivity index (χ4v) is 2.53. The third-order valence-corrected chi connectivity index (χ3v) is 3.57. The lowest BCUT2D eigenvalue weighted by atomic mass is 10.1. The van der Waals surface area contributed by atoms with E-state index in [4.69, 9.17) is 10.5 Å². The Bertz CT molecular complexity index is 856. The fourth-order valence-electron chi connectivity index (χ4n) is 2.53. The Balaban J connectivity index is 2.24. The van der Waals surface area contributed by atoms with Gasteiger partial charge in [-0.25, -0.2) is 9.78 Å². The first-order valence-corrected chi connectivity index (χ1v) is 7.27. The van der Waals surface area contributed by atoms with Crippen LogP contribution in [0.15, 0.2) is 42.7 Å². The maximum atomic E-state index is 13.1. The normalized spacial score (nSPS) is 10.9. The number of nitrogens with two attached hydrogens (primary N) is 1. The van der Waals surface area contributed by atoms with E-state index in [0.717, 1.165) is 11.1 Å². The van der Waals surface area contributed by atoms with Gasteiger partial charge in [-0.1, -0.05) is 0 Å². The highest BCUT2D eigenvalue weighted by atomic mass is 19.1. The molecule has 2 N–H and O–H groups in total. The Kier molecular flexibility index (Phi) is 4.08. The van der Waals surface area contributed by atoms with Crippen LogP contribution in [0, 0.1) is 5.95 Å². The Morgan fingerprint density at radius 3 is 2.83 bits per heavy atom. The first-order valence-electron chi connectivity index (χ1n) is 7.27. The van der Waals surface area contributed by atoms with E-state index in [0.29, 0.717) is 23.4 Å². The van der Waals surface area contributed by atoms with Gasteiger partial charge in [0.15, 0.2) is 0 Å². The number of halogens is 1. The molecule has 0 amide bonds. The van der Waals surface area contributed by atoms with Crippen LogP contribution in [-0.2, 0) is 11.3 Å². The summed E-state index contributed by atoms with van der Waals surface area (Å²) < 4.78 is 20.1. The minimum absolute atomic E-state index is 0.278. The van der Waals surface area contributed by atoms with Gasteiger partial charge in [-0.2, -0.15) is 4.39 Å². The molecule has 0 aliphatic rings. The summed E-state index contributed by atoms with van der Waals surface area (Å²) in [6.07, 6.45) is 3.23. The standard InChI is InChI=1S/C17H16FN3O2/c1-2-23-17(22)14-8-13-7-11(9-19)5-6-21(13)16(14)12-3-4-15(18)20-10-12/h3-8,10H,2,9,19H2,1H3. The summed E-state index contributed by atoms with van der Waals surface area (Å²) in [5.41, 5.74) is 9.10. The van der Waals surface area contributed by atoms with Gasteiger partial charge < -0.3 is 14.9 Å². The summed E-state index contributed by atoms with van der Waals surface area (Å²) in [7, 11) is 0. The molecule has 0 radical (unpaired) electrons. The zero-order valence-corrected chi connectivity index (χ0v) is 12.6. The lowest BCUT2D eigenvalue weighted by Gasteiger charge is -2.07. The molecular formula is C17H16FN3O2. The third kappa shape index (κ3) is 2.80. The Labute approximate surface area is 132 Å². The van der Waals surface area contributed by atoms with Crippen LogP contribution in [0.3, 0.4) is 0 Å². The van der Waals surface area contributed by atoms with Gasteiger partial charge in [0, 0.05) is 30.0 Å². The SMILES string of the molecule is CCOC(=O)c1cc2cc(CN)ccn2c1-c1ccc(F)nc1. The molecule has 0 fully saturated rings. The van der Waals surface area contributed by atoms with E-state index < -0.39 is 11.9 Å². The van der Waals surface area contributed by atoms with Gasteiger partial charge in [-0.3, -0.25) is 0 Å². The van der Waals surface area contributed by atoms with E-state index in [1.54, 1.807) is 19.1 Å². The molecule has 3 heterocycles. The summed E-state index contributed by atoms with van der Waals surface area (Å²) in [4.78, 5) is 15.9. The molecule has 0 aromatic carbocycles. The molecule has 0 saturated heterocycles. The molecule has 0 aliphatic carbocycles. The van der Waals surface area contributed by atoms with Gasteiger partial charge in [-0.15, -0.1) is 0 Å². The van der Waals surface area contributed by atoms with Crippen molar-refractivity contribution in [3.63, 3.8) is 0 Å². The minimum Gasteiger partial charge on any atom is -0.462 e. The molecule has 3 aromatic heterocycles. The van der Waals surface area contributed by atoms with Crippen molar-refractivity contribution in [1.29, 1.82) is 0 Å². The number of hydrogen-bond acceptors (Lipinski definition) is 4. The molecule has 0 atom stereocenters. The number of carbonyl (C=O) groups is 1. The van der Waals surface area contributed by atoms with Crippen LogP contribution in [-0.4, -0.2) is 22.0 Å². The summed E-state index contributed by atoms with van der Waals surface area (Å²) in [6.45, 7) is 2.43. The van der Waals surface area contributed by atoms with Crippen LogP contribution in [0.1, 0.15) is 22.8 Å². The van der Waals surface area contributed by atoms with E-state index in [1.807, 2.05) is 22.7 Å². The zero-order valence-electron chi connectivity index (χ0n) is 12.6. The van der Waals surface area contributed by atoms with E-state index in [-0.39, 0.29) is 6.61 Å². The highest BCUT2D eigenvalue weighted by Gasteiger charge is 2.19. The number of pyridine rings is 2. The van der Waals surface area contributed by atoms with Crippen LogP contribution in [0.2, 0.25) is 0 Å². The van der Waals surface area contributed by atoms with Gasteiger partial charge >= 0.3 is 5.97 Å². The van der Waals surface area contributed by atoms with Crippen molar-refractivity contribution in [1.82, 2.24) is 9.38 Å². The van der Waals surface area contributed by atoms with E-state index in [9.17, 15) is 9.18 Å². The quantitative estimate of drug-likeness (QED) is 0.594. The molecule has 0 aliphatic heterocycles. The molecule has 5 nitrogen and oxygen atoms in total. The van der Waals surface area contributed by atoms with Gasteiger partial charge in [0.2, 0.25) is 5.95 Å². The number of aromatic nitrogens is 2. The van der Waals surface area contributed by atoms with E-state index in [2.05, 4.69) is 4.98 Å². The molecule has 6 heteroatoms. The van der Waals surface area contributed by atoms with Gasteiger partial charge in [0.1, 0.15) is 0 Å². The second kappa shape index (κ2) is 6.18. The lowest BCUT2D eigenvalue weighted by Crippen LogP contribution is -2.05. The lowest BCUT2D eigenvalue weighted by molar-refractivity contribution is 0.0527. The molecule has 118 valence electrons. The largest absolute Gasteiger partial charge is 0.462 e. The first kappa shape index (κ1) is 15.2. The van der Waals surface area contributed by atoms with E-state index in [1.165, 1.54) is 12.3 Å². The number of ether oxygens (including phenoxy) is 1. The summed E-state index contributed by atoms with van der Waals surface area (Å²) in [6, 6.07) is 8.38. The Hall–Kier alpha value is -2.73. The van der Waals surface area contributed by atoms with Gasteiger partial charge in [0.05, 0.1) is 17.9 Å². The molecular weight excluding hydrogens is 297 g/mol. The molecule has 0 bridgehead atoms. The average Bonchev–Trinajstić information content (AvgIpc) is 2.94. The van der Waals surface area contributed by atoms with Crippen LogP contribution >= 0.6 is 0 Å². The number of carbonyl (C=O) groups excluding carboxylic acids is 1. The summed E-state index contributed by atoms with van der Waals surface area (Å²) in [5, 5.41) is 0. The summed E-state index contributed by atoms with van der Waals surface area (Å²) >= 11 is 0. The molecule has 0 spiro atoms. The predicted octanol–water partition coefficient (Wildman–Crippen LogP) is 2.78. The highest BCUT2D eigenvalue weighted by molar-refractivity contribution is 5.99. The van der Waals surface area contributed by atoms with Crippen molar-refractivity contribution < 1.29 is 13.9 Å². The topological polar surface area (TPSA) is 69.6 Å². The summed E-state index contributed by atoms with van der Waals surface area (Å²) in [5.74, 6) is -0.998. The van der Waals surface area contributed by atoms with E-state index >= 15 is 0 Å². The molecule has 23 heavy (non-hydrogen) atoms. The second-order valence-electron chi connectivity index (χ2n) is 5.03. The average molecular weight is 313 g/mol. The first-order chi connectivity index (χ1) is 11.1. The second-order valence-corrected chi connectivity index (χ2v) is 5.03. The Morgan fingerprint density at radius 1 is 1.35 bits per heavy atom. The number of fused-ring (bicyclic) bond motifs is 1. The predicted molar refractivity (Wildman–Crippen MR) is 84.4 cm³/mol. The monoisotopic (exact) mass is 313 g/mol. The minimum atomic E-state index is -0.572. The molecule has 0 saturated carbocycles. The highest BCUT2D eigenvalue weighted by Crippen LogP contribution is 2.28. The van der Waals surface area contributed by atoms with Crippen molar-refractivity contribution in [3.8, 4) is 11.3 Å². The third-order valence-electron chi connectivity index (χ3n) is 3.57.